The fourth-order valence-electron chi connectivity index (χ4n) is 5.25. The van der Waals surface area contributed by atoms with Crippen molar-refractivity contribution in [2.24, 2.45) is 11.8 Å². The lowest BCUT2D eigenvalue weighted by Crippen LogP contribution is -2.48. The molecular formula is C24H42NO4PSi. The SMILES string of the molecule is CC(C)(C)[Si](C)(C)OCC1C(c2ccccc2)CNC1C(C1CCCCC1)P(=O)(O)O. The highest BCUT2D eigenvalue weighted by molar-refractivity contribution is 7.52. The minimum absolute atomic E-state index is 0.0519. The average molecular weight is 468 g/mol. The molecule has 0 bridgehead atoms. The predicted octanol–water partition coefficient (Wildman–Crippen LogP) is 5.51. The molecule has 2 aliphatic rings. The van der Waals surface area contributed by atoms with Crippen LogP contribution >= 0.6 is 7.60 Å². The van der Waals surface area contributed by atoms with Gasteiger partial charge in [-0.25, -0.2) is 0 Å². The monoisotopic (exact) mass is 467 g/mol. The average Bonchev–Trinajstić information content (AvgIpc) is 3.09. The Morgan fingerprint density at radius 3 is 2.29 bits per heavy atom. The van der Waals surface area contributed by atoms with Crippen molar-refractivity contribution in [2.75, 3.05) is 13.2 Å². The molecule has 1 aromatic rings. The van der Waals surface area contributed by atoms with E-state index in [-0.39, 0.29) is 28.8 Å². The Bertz CT molecular complexity index is 755. The summed E-state index contributed by atoms with van der Waals surface area (Å²) in [6.45, 7) is 12.5. The Morgan fingerprint density at radius 2 is 1.74 bits per heavy atom. The van der Waals surface area contributed by atoms with Crippen molar-refractivity contribution in [2.45, 2.75) is 88.6 Å². The molecule has 31 heavy (non-hydrogen) atoms. The van der Waals surface area contributed by atoms with Gasteiger partial charge in [0.05, 0.1) is 5.66 Å². The first-order valence-electron chi connectivity index (χ1n) is 11.9. The molecule has 4 unspecified atom stereocenters. The summed E-state index contributed by atoms with van der Waals surface area (Å²) >= 11 is 0. The van der Waals surface area contributed by atoms with Crippen LogP contribution in [0, 0.1) is 11.8 Å². The summed E-state index contributed by atoms with van der Waals surface area (Å²) in [4.78, 5) is 20.9. The molecule has 0 spiro atoms. The summed E-state index contributed by atoms with van der Waals surface area (Å²) in [6.07, 6.45) is 5.15. The van der Waals surface area contributed by atoms with Gasteiger partial charge < -0.3 is 19.5 Å². The van der Waals surface area contributed by atoms with Crippen LogP contribution in [0.2, 0.25) is 18.1 Å². The van der Waals surface area contributed by atoms with Gasteiger partial charge in [0.2, 0.25) is 0 Å². The molecular weight excluding hydrogens is 425 g/mol. The lowest BCUT2D eigenvalue weighted by Gasteiger charge is -2.41. The third-order valence-corrected chi connectivity index (χ3v) is 14.1. The highest BCUT2D eigenvalue weighted by Crippen LogP contribution is 2.54. The zero-order valence-corrected chi connectivity index (χ0v) is 21.8. The van der Waals surface area contributed by atoms with E-state index in [1.165, 1.54) is 12.0 Å². The predicted molar refractivity (Wildman–Crippen MR) is 130 cm³/mol. The molecule has 0 aromatic heterocycles. The first-order valence-corrected chi connectivity index (χ1v) is 16.5. The second kappa shape index (κ2) is 9.78. The van der Waals surface area contributed by atoms with E-state index in [1.54, 1.807) is 0 Å². The molecule has 1 saturated heterocycles. The van der Waals surface area contributed by atoms with Gasteiger partial charge in [0.1, 0.15) is 0 Å². The molecule has 1 aromatic carbocycles. The summed E-state index contributed by atoms with van der Waals surface area (Å²) < 4.78 is 19.4. The van der Waals surface area contributed by atoms with Crippen molar-refractivity contribution in [3.8, 4) is 0 Å². The summed E-state index contributed by atoms with van der Waals surface area (Å²) in [5.74, 6) is 0.335. The van der Waals surface area contributed by atoms with Crippen LogP contribution in [-0.4, -0.2) is 43.0 Å². The van der Waals surface area contributed by atoms with Crippen molar-refractivity contribution in [3.05, 3.63) is 35.9 Å². The van der Waals surface area contributed by atoms with E-state index >= 15 is 0 Å². The smallest absolute Gasteiger partial charge is 0.330 e. The minimum atomic E-state index is -4.25. The third kappa shape index (κ3) is 5.90. The van der Waals surface area contributed by atoms with Crippen LogP contribution in [0.1, 0.15) is 64.4 Å². The Labute approximate surface area is 189 Å². The molecule has 1 heterocycles. The number of hydrogen-bond donors (Lipinski definition) is 3. The van der Waals surface area contributed by atoms with E-state index in [1.807, 2.05) is 6.07 Å². The molecule has 3 N–H and O–H groups in total. The van der Waals surface area contributed by atoms with E-state index in [0.717, 1.165) is 32.2 Å². The van der Waals surface area contributed by atoms with Crippen LogP contribution in [0.25, 0.3) is 0 Å². The quantitative estimate of drug-likeness (QED) is 0.364. The second-order valence-corrected chi connectivity index (χ2v) is 17.7. The van der Waals surface area contributed by atoms with Crippen LogP contribution in [0.4, 0.5) is 0 Å². The van der Waals surface area contributed by atoms with Crippen molar-refractivity contribution in [3.63, 3.8) is 0 Å². The van der Waals surface area contributed by atoms with Crippen molar-refractivity contribution >= 4 is 15.9 Å². The van der Waals surface area contributed by atoms with Crippen molar-refractivity contribution in [1.29, 1.82) is 0 Å². The maximum absolute atomic E-state index is 12.8. The third-order valence-electron chi connectivity index (χ3n) is 8.11. The van der Waals surface area contributed by atoms with E-state index in [0.29, 0.717) is 6.61 Å². The Balaban J connectivity index is 1.91. The van der Waals surface area contributed by atoms with E-state index < -0.39 is 21.6 Å². The van der Waals surface area contributed by atoms with Crippen LogP contribution in [0.5, 0.6) is 0 Å². The summed E-state index contributed by atoms with van der Waals surface area (Å²) in [7, 11) is -6.23. The van der Waals surface area contributed by atoms with Gasteiger partial charge in [-0.3, -0.25) is 4.57 Å². The Hall–Kier alpha value is -0.493. The maximum Gasteiger partial charge on any atom is 0.330 e. The lowest BCUT2D eigenvalue weighted by atomic mass is 9.78. The Morgan fingerprint density at radius 1 is 1.13 bits per heavy atom. The molecule has 0 radical (unpaired) electrons. The van der Waals surface area contributed by atoms with Crippen LogP contribution in [-0.2, 0) is 8.99 Å². The van der Waals surface area contributed by atoms with Crippen LogP contribution in [0.15, 0.2) is 30.3 Å². The number of rotatable bonds is 7. The summed E-state index contributed by atoms with van der Waals surface area (Å²) in [5, 5.41) is 3.68. The molecule has 5 nitrogen and oxygen atoms in total. The normalized spacial score (nSPS) is 27.4. The van der Waals surface area contributed by atoms with Gasteiger partial charge >= 0.3 is 7.60 Å². The van der Waals surface area contributed by atoms with Gasteiger partial charge in [0.25, 0.3) is 0 Å². The second-order valence-electron chi connectivity index (χ2n) is 11.2. The van der Waals surface area contributed by atoms with E-state index in [9.17, 15) is 14.4 Å². The van der Waals surface area contributed by atoms with Gasteiger partial charge in [0, 0.05) is 31.0 Å². The molecule has 1 aliphatic carbocycles. The summed E-state index contributed by atoms with van der Waals surface area (Å²) in [5.41, 5.74) is 0.601. The highest BCUT2D eigenvalue weighted by Gasteiger charge is 2.51. The molecule has 7 heteroatoms. The van der Waals surface area contributed by atoms with E-state index in [4.69, 9.17) is 4.43 Å². The largest absolute Gasteiger partial charge is 0.416 e. The molecule has 1 aliphatic heterocycles. The number of hydrogen-bond acceptors (Lipinski definition) is 3. The van der Waals surface area contributed by atoms with Gasteiger partial charge in [-0.15, -0.1) is 0 Å². The zero-order chi connectivity index (χ0) is 22.9. The number of benzene rings is 1. The Kier molecular flexibility index (Phi) is 7.93. The standard InChI is InChI=1S/C24H42NO4PSi/c1-24(2,3)31(4,5)29-17-21-20(18-12-8-6-9-13-18)16-25-22(21)23(30(26,27)28)19-14-10-7-11-15-19/h6,8-9,12-13,19-23,25H,7,10-11,14-17H2,1-5H3,(H2,26,27,28). The zero-order valence-electron chi connectivity index (χ0n) is 19.9. The van der Waals surface area contributed by atoms with Gasteiger partial charge in [-0.1, -0.05) is 70.4 Å². The van der Waals surface area contributed by atoms with Crippen molar-refractivity contribution < 1.29 is 18.8 Å². The van der Waals surface area contributed by atoms with Crippen molar-refractivity contribution in [1.82, 2.24) is 5.32 Å². The molecule has 2 fully saturated rings. The molecule has 176 valence electrons. The summed E-state index contributed by atoms with van der Waals surface area (Å²) in [6, 6.07) is 10.2. The highest BCUT2D eigenvalue weighted by atomic mass is 31.2. The van der Waals surface area contributed by atoms with Gasteiger partial charge in [0.15, 0.2) is 8.32 Å². The molecule has 3 rings (SSSR count). The van der Waals surface area contributed by atoms with Gasteiger partial charge in [-0.05, 0) is 42.5 Å². The van der Waals surface area contributed by atoms with Gasteiger partial charge in [-0.2, -0.15) is 0 Å². The van der Waals surface area contributed by atoms with Crippen LogP contribution in [0.3, 0.4) is 0 Å². The van der Waals surface area contributed by atoms with E-state index in [2.05, 4.69) is 63.4 Å². The first-order chi connectivity index (χ1) is 14.4. The van der Waals surface area contributed by atoms with Crippen LogP contribution < -0.4 is 5.32 Å². The fourth-order valence-corrected chi connectivity index (χ4v) is 7.88. The lowest BCUT2D eigenvalue weighted by molar-refractivity contribution is 0.179. The number of nitrogens with one attached hydrogen (secondary N) is 1. The maximum atomic E-state index is 12.8. The molecule has 4 atom stereocenters. The molecule has 1 saturated carbocycles. The topological polar surface area (TPSA) is 78.8 Å². The fraction of sp³-hybridized carbons (Fsp3) is 0.750. The first kappa shape index (κ1) is 25.1. The minimum Gasteiger partial charge on any atom is -0.416 e. The molecule has 0 amide bonds.